The molecule has 0 aliphatic carbocycles. The molecule has 2 aromatic carbocycles. The third-order valence-electron chi connectivity index (χ3n) is 7.67. The molecule has 0 radical (unpaired) electrons. The summed E-state index contributed by atoms with van der Waals surface area (Å²) in [7, 11) is 1.68. The average Bonchev–Trinajstić information content (AvgIpc) is 3.51. The van der Waals surface area contributed by atoms with E-state index in [0.29, 0.717) is 19.6 Å². The number of methoxy groups -OCH3 is 1. The largest absolute Gasteiger partial charge is 0.493 e. The number of benzene rings is 2. The molecule has 0 saturated carbocycles. The lowest BCUT2D eigenvalue weighted by atomic mass is 10.1. The van der Waals surface area contributed by atoms with Crippen molar-refractivity contribution in [1.82, 2.24) is 4.90 Å². The van der Waals surface area contributed by atoms with E-state index in [1.165, 1.54) is 76.2 Å². The van der Waals surface area contributed by atoms with Gasteiger partial charge in [-0.25, -0.2) is 0 Å². The van der Waals surface area contributed by atoms with Crippen LogP contribution in [0.15, 0.2) is 54.1 Å². The number of unbranched alkanes of at least 4 members (excludes halogenated alkanes) is 11. The molecule has 5 nitrogen and oxygen atoms in total. The summed E-state index contributed by atoms with van der Waals surface area (Å²) >= 11 is 1.81. The summed E-state index contributed by atoms with van der Waals surface area (Å²) < 4.78 is 11.7. The van der Waals surface area contributed by atoms with Crippen LogP contribution in [0.1, 0.15) is 108 Å². The standard InChI is InChI=1S/C35H52N2O3S.BrH/c1-4-6-7-8-9-10-11-12-13-14-15-16-24-40-34-26-31(19-22-33(34)39-3)28-37(35(38)5-2)32-20-17-30(18-21-32)27-36-23-25-41-29-36;/h17-23,25-26H,4-16,24,27-29H2,1-3H3;1H. The van der Waals surface area contributed by atoms with E-state index in [0.717, 1.165) is 41.6 Å². The van der Waals surface area contributed by atoms with E-state index in [2.05, 4.69) is 47.7 Å². The van der Waals surface area contributed by atoms with Gasteiger partial charge in [-0.3, -0.25) is 4.79 Å². The number of rotatable bonds is 21. The van der Waals surface area contributed by atoms with E-state index in [4.69, 9.17) is 9.47 Å². The van der Waals surface area contributed by atoms with Crippen LogP contribution >= 0.6 is 28.7 Å². The van der Waals surface area contributed by atoms with Crippen LogP contribution in [0.3, 0.4) is 0 Å². The van der Waals surface area contributed by atoms with Crippen LogP contribution in [0.4, 0.5) is 5.69 Å². The molecule has 2 aromatic rings. The number of hydrogen-bond donors (Lipinski definition) is 0. The fraction of sp³-hybridized carbons (Fsp3) is 0.571. The molecule has 3 rings (SSSR count). The molecular formula is C35H53BrN2O3S. The molecule has 0 atom stereocenters. The molecule has 1 aliphatic rings. The van der Waals surface area contributed by atoms with Crippen molar-refractivity contribution in [3.8, 4) is 11.5 Å². The van der Waals surface area contributed by atoms with E-state index < -0.39 is 0 Å². The highest BCUT2D eigenvalue weighted by molar-refractivity contribution is 8.93. The number of hydrogen-bond acceptors (Lipinski definition) is 5. The first-order valence-corrected chi connectivity index (χ1v) is 16.9. The normalized spacial score (nSPS) is 12.3. The summed E-state index contributed by atoms with van der Waals surface area (Å²) in [4.78, 5) is 17.1. The quantitative estimate of drug-likeness (QED) is 0.125. The number of anilines is 1. The highest BCUT2D eigenvalue weighted by atomic mass is 79.9. The highest BCUT2D eigenvalue weighted by Gasteiger charge is 2.17. The Kier molecular flexibility index (Phi) is 18.5. The summed E-state index contributed by atoms with van der Waals surface area (Å²) in [6, 6.07) is 14.4. The predicted octanol–water partition coefficient (Wildman–Crippen LogP) is 10.3. The second-order valence-electron chi connectivity index (χ2n) is 11.1. The maximum atomic E-state index is 12.9. The van der Waals surface area contributed by atoms with Gasteiger partial charge in [0.15, 0.2) is 11.5 Å². The third-order valence-corrected chi connectivity index (χ3v) is 8.46. The molecule has 0 bridgehead atoms. The minimum absolute atomic E-state index is 0. The summed E-state index contributed by atoms with van der Waals surface area (Å²) in [5.41, 5.74) is 3.19. The molecule has 0 saturated heterocycles. The lowest BCUT2D eigenvalue weighted by Crippen LogP contribution is -2.29. The van der Waals surface area contributed by atoms with Crippen molar-refractivity contribution < 1.29 is 14.3 Å². The number of thioether (sulfide) groups is 1. The Morgan fingerprint density at radius 1 is 0.833 bits per heavy atom. The van der Waals surface area contributed by atoms with Crippen molar-refractivity contribution >= 4 is 40.3 Å². The van der Waals surface area contributed by atoms with Gasteiger partial charge in [-0.2, -0.15) is 0 Å². The van der Waals surface area contributed by atoms with Crippen molar-refractivity contribution in [2.24, 2.45) is 0 Å². The Morgan fingerprint density at radius 2 is 1.45 bits per heavy atom. The Hall–Kier alpha value is -2.12. The maximum absolute atomic E-state index is 12.9. The van der Waals surface area contributed by atoms with Crippen LogP contribution in [0.5, 0.6) is 11.5 Å². The predicted molar refractivity (Wildman–Crippen MR) is 185 cm³/mol. The molecule has 0 aromatic heterocycles. The van der Waals surface area contributed by atoms with Gasteiger partial charge in [0.05, 0.1) is 26.1 Å². The first-order chi connectivity index (χ1) is 20.1. The Bertz CT molecular complexity index is 1050. The highest BCUT2D eigenvalue weighted by Crippen LogP contribution is 2.30. The smallest absolute Gasteiger partial charge is 0.227 e. The van der Waals surface area contributed by atoms with Gasteiger partial charge < -0.3 is 19.3 Å². The molecule has 0 fully saturated rings. The van der Waals surface area contributed by atoms with Gasteiger partial charge in [0, 0.05) is 24.9 Å². The molecule has 7 heteroatoms. The van der Waals surface area contributed by atoms with E-state index in [1.54, 1.807) is 7.11 Å². The van der Waals surface area contributed by atoms with E-state index >= 15 is 0 Å². The summed E-state index contributed by atoms with van der Waals surface area (Å²) in [6.07, 6.45) is 18.5. The SMILES string of the molecule is Br.CCCCCCCCCCCCCCOc1cc(CN(C(=O)CC)c2ccc(CN3C=CSC3)cc2)ccc1OC. The summed E-state index contributed by atoms with van der Waals surface area (Å²) in [6.45, 7) is 6.25. The molecule has 42 heavy (non-hydrogen) atoms. The lowest BCUT2D eigenvalue weighted by Gasteiger charge is -2.24. The first kappa shape index (κ1) is 36.1. The van der Waals surface area contributed by atoms with Crippen LogP contribution in [0, 0.1) is 0 Å². The first-order valence-electron chi connectivity index (χ1n) is 15.9. The molecule has 0 spiro atoms. The number of carbonyl (C=O) groups is 1. The molecule has 0 N–H and O–H groups in total. The van der Waals surface area contributed by atoms with Crippen LogP contribution in [-0.4, -0.2) is 30.4 Å². The van der Waals surface area contributed by atoms with Gasteiger partial charge in [-0.05, 0) is 47.2 Å². The Labute approximate surface area is 270 Å². The molecule has 1 heterocycles. The topological polar surface area (TPSA) is 42.0 Å². The second kappa shape index (κ2) is 21.6. The number of amides is 1. The van der Waals surface area contributed by atoms with Crippen LogP contribution in [-0.2, 0) is 17.9 Å². The van der Waals surface area contributed by atoms with Gasteiger partial charge in [0.1, 0.15) is 0 Å². The van der Waals surface area contributed by atoms with Crippen LogP contribution in [0.2, 0.25) is 0 Å². The van der Waals surface area contributed by atoms with Crippen LogP contribution < -0.4 is 14.4 Å². The average molecular weight is 662 g/mol. The van der Waals surface area contributed by atoms with Gasteiger partial charge in [-0.15, -0.1) is 28.7 Å². The zero-order valence-electron chi connectivity index (χ0n) is 26.2. The Balaban J connectivity index is 0.00000616. The molecule has 1 aliphatic heterocycles. The number of carbonyl (C=O) groups excluding carboxylic acids is 1. The molecule has 0 unspecified atom stereocenters. The van der Waals surface area contributed by atoms with Gasteiger partial charge in [0.25, 0.3) is 0 Å². The number of ether oxygens (including phenoxy) is 2. The zero-order valence-corrected chi connectivity index (χ0v) is 28.7. The van der Waals surface area contributed by atoms with Gasteiger partial charge >= 0.3 is 0 Å². The van der Waals surface area contributed by atoms with E-state index in [-0.39, 0.29) is 22.9 Å². The van der Waals surface area contributed by atoms with Gasteiger partial charge in [0.2, 0.25) is 5.91 Å². The zero-order chi connectivity index (χ0) is 29.1. The minimum atomic E-state index is 0. The van der Waals surface area contributed by atoms with Crippen molar-refractivity contribution in [2.45, 2.75) is 110 Å². The molecular weight excluding hydrogens is 608 g/mol. The van der Waals surface area contributed by atoms with Crippen molar-refractivity contribution in [1.29, 1.82) is 0 Å². The van der Waals surface area contributed by atoms with Crippen molar-refractivity contribution in [3.05, 3.63) is 65.2 Å². The molecule has 234 valence electrons. The van der Waals surface area contributed by atoms with Crippen molar-refractivity contribution in [2.75, 3.05) is 24.5 Å². The minimum Gasteiger partial charge on any atom is -0.493 e. The summed E-state index contributed by atoms with van der Waals surface area (Å²) in [5.74, 6) is 2.58. The van der Waals surface area contributed by atoms with Crippen molar-refractivity contribution in [3.63, 3.8) is 0 Å². The third kappa shape index (κ3) is 13.0. The fourth-order valence-electron chi connectivity index (χ4n) is 5.18. The van der Waals surface area contributed by atoms with Gasteiger partial charge in [-0.1, -0.05) is 103 Å². The monoisotopic (exact) mass is 660 g/mol. The number of halogens is 1. The lowest BCUT2D eigenvalue weighted by molar-refractivity contribution is -0.118. The van der Waals surface area contributed by atoms with E-state index in [1.807, 2.05) is 41.8 Å². The fourth-order valence-corrected chi connectivity index (χ4v) is 5.89. The van der Waals surface area contributed by atoms with E-state index in [9.17, 15) is 4.79 Å². The maximum Gasteiger partial charge on any atom is 0.227 e. The Morgan fingerprint density at radius 3 is 2.02 bits per heavy atom. The summed E-state index contributed by atoms with van der Waals surface area (Å²) in [5, 5.41) is 2.13. The molecule has 1 amide bonds. The second-order valence-corrected chi connectivity index (χ2v) is 11.9. The number of nitrogens with zero attached hydrogens (tertiary/aromatic N) is 2. The van der Waals surface area contributed by atoms with Crippen LogP contribution in [0.25, 0.3) is 0 Å².